The Kier molecular flexibility index (Phi) is 5.67. The van der Waals surface area contributed by atoms with E-state index in [1.54, 1.807) is 23.9 Å². The third-order valence-electron chi connectivity index (χ3n) is 3.81. The molecule has 1 N–H and O–H groups in total. The number of benzene rings is 1. The average molecular weight is 307 g/mol. The predicted octanol–water partition coefficient (Wildman–Crippen LogP) is 3.02. The summed E-state index contributed by atoms with van der Waals surface area (Å²) in [5.41, 5.74) is 1.75. The molecule has 0 aromatic heterocycles. The zero-order valence-electron chi connectivity index (χ0n) is 12.2. The number of carbonyl (C=O) groups is 2. The molecule has 0 spiro atoms. The molecular weight excluding hydrogens is 286 g/mol. The Hall–Kier alpha value is -1.49. The van der Waals surface area contributed by atoms with E-state index in [2.05, 4.69) is 0 Å². The van der Waals surface area contributed by atoms with Crippen molar-refractivity contribution in [3.63, 3.8) is 0 Å². The Morgan fingerprint density at radius 3 is 2.57 bits per heavy atom. The number of nitrogens with zero attached hydrogens (tertiary/aromatic N) is 1. The molecule has 4 nitrogen and oxygen atoms in total. The van der Waals surface area contributed by atoms with E-state index >= 15 is 0 Å². The van der Waals surface area contributed by atoms with E-state index in [1.165, 1.54) is 10.5 Å². The van der Waals surface area contributed by atoms with Crippen molar-refractivity contribution in [3.8, 4) is 0 Å². The molecule has 1 atom stereocenters. The maximum absolute atomic E-state index is 12.6. The van der Waals surface area contributed by atoms with Crippen molar-refractivity contribution in [1.29, 1.82) is 0 Å². The Morgan fingerprint density at radius 2 is 1.95 bits per heavy atom. The lowest BCUT2D eigenvalue weighted by atomic mass is 10.1. The van der Waals surface area contributed by atoms with Gasteiger partial charge in [0.15, 0.2) is 0 Å². The second-order valence-corrected chi connectivity index (χ2v) is 6.20. The molecule has 1 heterocycles. The molecule has 0 aliphatic carbocycles. The number of aliphatic carboxylic acids is 1. The van der Waals surface area contributed by atoms with E-state index in [0.717, 1.165) is 25.0 Å². The van der Waals surface area contributed by atoms with Crippen molar-refractivity contribution in [3.05, 3.63) is 35.4 Å². The van der Waals surface area contributed by atoms with Crippen molar-refractivity contribution < 1.29 is 14.7 Å². The lowest BCUT2D eigenvalue weighted by molar-refractivity contribution is -0.142. The SMILES string of the molecule is CSCc1ccc(C(=O)N2CCCCCC2C(=O)O)cc1. The third kappa shape index (κ3) is 4.00. The van der Waals surface area contributed by atoms with Crippen molar-refractivity contribution in [2.24, 2.45) is 0 Å². The first-order chi connectivity index (χ1) is 10.1. The highest BCUT2D eigenvalue weighted by Gasteiger charge is 2.31. The van der Waals surface area contributed by atoms with Crippen LogP contribution in [-0.2, 0) is 10.5 Å². The van der Waals surface area contributed by atoms with Gasteiger partial charge in [0, 0.05) is 17.9 Å². The number of carboxylic acids is 1. The average Bonchev–Trinajstić information content (AvgIpc) is 2.73. The van der Waals surface area contributed by atoms with Crippen LogP contribution in [0.25, 0.3) is 0 Å². The highest BCUT2D eigenvalue weighted by molar-refractivity contribution is 7.97. The fraction of sp³-hybridized carbons (Fsp3) is 0.500. The second kappa shape index (κ2) is 7.50. The number of hydrogen-bond acceptors (Lipinski definition) is 3. The first-order valence-corrected chi connectivity index (χ1v) is 8.64. The highest BCUT2D eigenvalue weighted by atomic mass is 32.2. The summed E-state index contributed by atoms with van der Waals surface area (Å²) in [5, 5.41) is 9.35. The number of carbonyl (C=O) groups excluding carboxylic acids is 1. The van der Waals surface area contributed by atoms with Gasteiger partial charge in [-0.2, -0.15) is 11.8 Å². The maximum Gasteiger partial charge on any atom is 0.326 e. The zero-order chi connectivity index (χ0) is 15.2. The van der Waals surface area contributed by atoms with Crippen LogP contribution in [0.3, 0.4) is 0 Å². The van der Waals surface area contributed by atoms with Crippen molar-refractivity contribution in [2.75, 3.05) is 12.8 Å². The van der Waals surface area contributed by atoms with E-state index in [1.807, 2.05) is 18.4 Å². The largest absolute Gasteiger partial charge is 0.480 e. The minimum atomic E-state index is -0.899. The second-order valence-electron chi connectivity index (χ2n) is 5.33. The monoisotopic (exact) mass is 307 g/mol. The Labute approximate surface area is 129 Å². The molecule has 21 heavy (non-hydrogen) atoms. The van der Waals surface area contributed by atoms with E-state index < -0.39 is 12.0 Å². The van der Waals surface area contributed by atoms with Crippen LogP contribution in [0.1, 0.15) is 41.6 Å². The zero-order valence-corrected chi connectivity index (χ0v) is 13.1. The van der Waals surface area contributed by atoms with Gasteiger partial charge in [0.1, 0.15) is 6.04 Å². The van der Waals surface area contributed by atoms with Gasteiger partial charge < -0.3 is 10.0 Å². The lowest BCUT2D eigenvalue weighted by Crippen LogP contribution is -2.44. The van der Waals surface area contributed by atoms with Crippen LogP contribution in [0.4, 0.5) is 0 Å². The standard InChI is InChI=1S/C16H21NO3S/c1-21-11-12-6-8-13(9-7-12)15(18)17-10-4-2-3-5-14(17)16(19)20/h6-9,14H,2-5,10-11H2,1H3,(H,19,20). The molecule has 1 fully saturated rings. The number of thioether (sulfide) groups is 1. The molecule has 1 saturated heterocycles. The smallest absolute Gasteiger partial charge is 0.326 e. The van der Waals surface area contributed by atoms with Crippen LogP contribution in [-0.4, -0.2) is 40.7 Å². The Bertz CT molecular complexity index is 501. The van der Waals surface area contributed by atoms with Crippen molar-refractivity contribution in [2.45, 2.75) is 37.5 Å². The normalized spacial score (nSPS) is 19.1. The molecule has 1 unspecified atom stereocenters. The third-order valence-corrected chi connectivity index (χ3v) is 4.43. The summed E-state index contributed by atoms with van der Waals surface area (Å²) in [6.07, 6.45) is 5.31. The minimum absolute atomic E-state index is 0.167. The molecule has 0 saturated carbocycles. The summed E-state index contributed by atoms with van der Waals surface area (Å²) in [6, 6.07) is 6.80. The van der Waals surface area contributed by atoms with Gasteiger partial charge in [-0.05, 0) is 36.8 Å². The Morgan fingerprint density at radius 1 is 1.24 bits per heavy atom. The summed E-state index contributed by atoms with van der Waals surface area (Å²) in [6.45, 7) is 0.530. The topological polar surface area (TPSA) is 57.6 Å². The van der Waals surface area contributed by atoms with Crippen LogP contribution in [0.5, 0.6) is 0 Å². The molecule has 1 aliphatic rings. The van der Waals surface area contributed by atoms with Gasteiger partial charge in [-0.25, -0.2) is 4.79 Å². The predicted molar refractivity (Wildman–Crippen MR) is 84.6 cm³/mol. The summed E-state index contributed by atoms with van der Waals surface area (Å²) < 4.78 is 0. The number of carboxylic acid groups (broad SMARTS) is 1. The van der Waals surface area contributed by atoms with E-state index in [0.29, 0.717) is 18.5 Å². The molecule has 1 aromatic carbocycles. The first kappa shape index (κ1) is 15.9. The fourth-order valence-corrected chi connectivity index (χ4v) is 3.21. The van der Waals surface area contributed by atoms with Crippen LogP contribution in [0.15, 0.2) is 24.3 Å². The van der Waals surface area contributed by atoms with E-state index in [9.17, 15) is 14.7 Å². The van der Waals surface area contributed by atoms with Crippen LogP contribution in [0.2, 0.25) is 0 Å². The first-order valence-electron chi connectivity index (χ1n) is 7.25. The van der Waals surface area contributed by atoms with Crippen LogP contribution in [0, 0.1) is 0 Å². The summed E-state index contributed by atoms with van der Waals surface area (Å²) >= 11 is 1.73. The van der Waals surface area contributed by atoms with Crippen molar-refractivity contribution >= 4 is 23.6 Å². The van der Waals surface area contributed by atoms with Gasteiger partial charge in [0.2, 0.25) is 0 Å². The molecule has 0 radical (unpaired) electrons. The van der Waals surface area contributed by atoms with Crippen LogP contribution < -0.4 is 0 Å². The van der Waals surface area contributed by atoms with Gasteiger partial charge >= 0.3 is 5.97 Å². The van der Waals surface area contributed by atoms with Gasteiger partial charge in [-0.3, -0.25) is 4.79 Å². The minimum Gasteiger partial charge on any atom is -0.480 e. The number of likely N-dealkylation sites (tertiary alicyclic amines) is 1. The van der Waals surface area contributed by atoms with E-state index in [-0.39, 0.29) is 5.91 Å². The molecule has 1 aliphatic heterocycles. The van der Waals surface area contributed by atoms with Crippen LogP contribution >= 0.6 is 11.8 Å². The van der Waals surface area contributed by atoms with Gasteiger partial charge in [0.05, 0.1) is 0 Å². The van der Waals surface area contributed by atoms with Crippen molar-refractivity contribution in [1.82, 2.24) is 4.90 Å². The molecule has 1 aromatic rings. The summed E-state index contributed by atoms with van der Waals surface area (Å²) in [5.74, 6) is -0.153. The lowest BCUT2D eigenvalue weighted by Gasteiger charge is -2.27. The summed E-state index contributed by atoms with van der Waals surface area (Å²) in [4.78, 5) is 25.5. The van der Waals surface area contributed by atoms with Gasteiger partial charge in [-0.15, -0.1) is 0 Å². The maximum atomic E-state index is 12.6. The summed E-state index contributed by atoms with van der Waals surface area (Å²) in [7, 11) is 0. The number of rotatable bonds is 4. The highest BCUT2D eigenvalue weighted by Crippen LogP contribution is 2.20. The molecule has 1 amide bonds. The molecular formula is C16H21NO3S. The molecule has 0 bridgehead atoms. The Balaban J connectivity index is 2.17. The molecule has 2 rings (SSSR count). The number of hydrogen-bond donors (Lipinski definition) is 1. The van der Waals surface area contributed by atoms with Gasteiger partial charge in [0.25, 0.3) is 5.91 Å². The van der Waals surface area contributed by atoms with Gasteiger partial charge in [-0.1, -0.05) is 25.0 Å². The quantitative estimate of drug-likeness (QED) is 0.929. The molecule has 5 heteroatoms. The molecule has 114 valence electrons. The number of amides is 1. The fourth-order valence-electron chi connectivity index (χ4n) is 2.68. The van der Waals surface area contributed by atoms with E-state index in [4.69, 9.17) is 0 Å².